The maximum absolute atomic E-state index is 6.32. The van der Waals surface area contributed by atoms with Gasteiger partial charge in [0.25, 0.3) is 0 Å². The largest absolute Gasteiger partial charge is 0.324 e. The molecule has 0 aromatic heterocycles. The highest BCUT2D eigenvalue weighted by molar-refractivity contribution is 4.98. The fourth-order valence-corrected chi connectivity index (χ4v) is 6.00. The standard InChI is InChI=1S/C25H42N2/c1-5-9-20-16-18(11-13-22(20)24(26)7-3)15-19-12-14-23(25(27)8-4)21(17-19)10-6-2/h5-8,18-25H,1-4,9-17,26-27H2. The topological polar surface area (TPSA) is 52.0 Å². The molecule has 152 valence electrons. The van der Waals surface area contributed by atoms with Gasteiger partial charge in [0.1, 0.15) is 0 Å². The van der Waals surface area contributed by atoms with E-state index in [1.807, 2.05) is 12.2 Å². The first-order valence-corrected chi connectivity index (χ1v) is 11.0. The smallest absolute Gasteiger partial charge is 0.0252 e. The summed E-state index contributed by atoms with van der Waals surface area (Å²) in [6.07, 6.45) is 19.3. The zero-order chi connectivity index (χ0) is 19.8. The summed E-state index contributed by atoms with van der Waals surface area (Å²) in [5.74, 6) is 4.16. The Bertz CT molecular complexity index is 453. The van der Waals surface area contributed by atoms with Gasteiger partial charge >= 0.3 is 0 Å². The van der Waals surface area contributed by atoms with E-state index >= 15 is 0 Å². The summed E-state index contributed by atoms with van der Waals surface area (Å²) >= 11 is 0. The van der Waals surface area contributed by atoms with Crippen molar-refractivity contribution in [2.45, 2.75) is 69.9 Å². The van der Waals surface area contributed by atoms with Gasteiger partial charge in [-0.05, 0) is 80.5 Å². The van der Waals surface area contributed by atoms with Crippen molar-refractivity contribution in [3.8, 4) is 0 Å². The molecule has 0 heterocycles. The van der Waals surface area contributed by atoms with Crippen LogP contribution in [-0.2, 0) is 0 Å². The lowest BCUT2D eigenvalue weighted by Gasteiger charge is -2.42. The van der Waals surface area contributed by atoms with Crippen molar-refractivity contribution in [1.29, 1.82) is 0 Å². The molecule has 0 bridgehead atoms. The molecule has 2 aliphatic rings. The van der Waals surface area contributed by atoms with E-state index < -0.39 is 0 Å². The van der Waals surface area contributed by atoms with Gasteiger partial charge in [-0.3, -0.25) is 0 Å². The summed E-state index contributed by atoms with van der Waals surface area (Å²) in [7, 11) is 0. The highest BCUT2D eigenvalue weighted by Gasteiger charge is 2.36. The molecule has 0 spiro atoms. The number of hydrogen-bond donors (Lipinski definition) is 2. The van der Waals surface area contributed by atoms with Crippen LogP contribution < -0.4 is 11.5 Å². The van der Waals surface area contributed by atoms with Crippen LogP contribution in [0.1, 0.15) is 57.8 Å². The second kappa shape index (κ2) is 11.0. The van der Waals surface area contributed by atoms with E-state index in [2.05, 4.69) is 38.5 Å². The molecular formula is C25H42N2. The second-order valence-corrected chi connectivity index (χ2v) is 9.12. The molecule has 0 aliphatic heterocycles. The Morgan fingerprint density at radius 1 is 0.704 bits per heavy atom. The van der Waals surface area contributed by atoms with Crippen LogP contribution in [0.4, 0.5) is 0 Å². The molecule has 2 aliphatic carbocycles. The van der Waals surface area contributed by atoms with Gasteiger partial charge in [-0.15, -0.1) is 26.3 Å². The number of hydrogen-bond acceptors (Lipinski definition) is 2. The molecule has 8 atom stereocenters. The maximum Gasteiger partial charge on any atom is 0.0252 e. The Balaban J connectivity index is 1.94. The molecule has 2 rings (SSSR count). The first kappa shape index (κ1) is 22.2. The minimum Gasteiger partial charge on any atom is -0.324 e. The predicted octanol–water partition coefficient (Wildman–Crippen LogP) is 5.62. The molecule has 4 N–H and O–H groups in total. The van der Waals surface area contributed by atoms with E-state index in [1.165, 1.54) is 44.9 Å². The fraction of sp³-hybridized carbons (Fsp3) is 0.680. The van der Waals surface area contributed by atoms with Crippen LogP contribution in [0.2, 0.25) is 0 Å². The summed E-state index contributed by atoms with van der Waals surface area (Å²) in [6.45, 7) is 15.8. The van der Waals surface area contributed by atoms with Gasteiger partial charge in [-0.2, -0.15) is 0 Å². The first-order chi connectivity index (χ1) is 13.0. The van der Waals surface area contributed by atoms with E-state index in [9.17, 15) is 0 Å². The number of nitrogens with two attached hydrogens (primary N) is 2. The maximum atomic E-state index is 6.32. The Kier molecular flexibility index (Phi) is 9.05. The van der Waals surface area contributed by atoms with Crippen molar-refractivity contribution in [3.05, 3.63) is 50.6 Å². The second-order valence-electron chi connectivity index (χ2n) is 9.12. The molecule has 0 aromatic rings. The van der Waals surface area contributed by atoms with Crippen molar-refractivity contribution in [3.63, 3.8) is 0 Å². The summed E-state index contributed by atoms with van der Waals surface area (Å²) in [5, 5.41) is 0. The monoisotopic (exact) mass is 370 g/mol. The third-order valence-electron chi connectivity index (χ3n) is 7.44. The van der Waals surface area contributed by atoms with E-state index in [4.69, 9.17) is 11.5 Å². The average Bonchev–Trinajstić information content (AvgIpc) is 2.68. The van der Waals surface area contributed by atoms with Gasteiger partial charge in [0.2, 0.25) is 0 Å². The van der Waals surface area contributed by atoms with Crippen molar-refractivity contribution in [1.82, 2.24) is 0 Å². The molecule has 0 aromatic carbocycles. The molecule has 0 saturated heterocycles. The van der Waals surface area contributed by atoms with Gasteiger partial charge in [0, 0.05) is 12.1 Å². The SMILES string of the molecule is C=CCC1CC(CC2CCC(C(N)C=C)C(CC=C)C2)CCC1C(N)C=C. The molecule has 2 saturated carbocycles. The molecule has 0 amide bonds. The highest BCUT2D eigenvalue weighted by Crippen LogP contribution is 2.45. The lowest BCUT2D eigenvalue weighted by molar-refractivity contribution is 0.111. The summed E-state index contributed by atoms with van der Waals surface area (Å²) in [6, 6.07) is 0.257. The van der Waals surface area contributed by atoms with E-state index in [0.29, 0.717) is 23.7 Å². The van der Waals surface area contributed by atoms with Crippen LogP contribution in [0.15, 0.2) is 50.6 Å². The lowest BCUT2D eigenvalue weighted by atomic mass is 9.64. The van der Waals surface area contributed by atoms with Gasteiger partial charge in [-0.25, -0.2) is 0 Å². The third-order valence-corrected chi connectivity index (χ3v) is 7.44. The Labute approximate surface area is 167 Å². The van der Waals surface area contributed by atoms with Crippen molar-refractivity contribution in [2.75, 3.05) is 0 Å². The summed E-state index contributed by atoms with van der Waals surface area (Å²) < 4.78 is 0. The number of rotatable bonds is 10. The van der Waals surface area contributed by atoms with E-state index in [-0.39, 0.29) is 12.1 Å². The van der Waals surface area contributed by atoms with Crippen molar-refractivity contribution in [2.24, 2.45) is 47.0 Å². The van der Waals surface area contributed by atoms with Crippen LogP contribution in [0.25, 0.3) is 0 Å². The van der Waals surface area contributed by atoms with Crippen molar-refractivity contribution >= 4 is 0 Å². The molecule has 0 radical (unpaired) electrons. The minimum absolute atomic E-state index is 0.128. The molecule has 2 nitrogen and oxygen atoms in total. The van der Waals surface area contributed by atoms with E-state index in [0.717, 1.165) is 24.7 Å². The zero-order valence-electron chi connectivity index (χ0n) is 17.3. The van der Waals surface area contributed by atoms with Crippen molar-refractivity contribution < 1.29 is 0 Å². The minimum atomic E-state index is 0.128. The first-order valence-electron chi connectivity index (χ1n) is 11.0. The van der Waals surface area contributed by atoms with Gasteiger partial charge < -0.3 is 11.5 Å². The Morgan fingerprint density at radius 2 is 1.11 bits per heavy atom. The van der Waals surface area contributed by atoms with Crippen LogP contribution >= 0.6 is 0 Å². The van der Waals surface area contributed by atoms with Gasteiger partial charge in [-0.1, -0.05) is 37.1 Å². The Morgan fingerprint density at radius 3 is 1.44 bits per heavy atom. The Hall–Kier alpha value is -1.12. The van der Waals surface area contributed by atoms with E-state index in [1.54, 1.807) is 0 Å². The normalized spacial score (nSPS) is 36.4. The molecule has 27 heavy (non-hydrogen) atoms. The lowest BCUT2D eigenvalue weighted by Crippen LogP contribution is -2.39. The van der Waals surface area contributed by atoms with Crippen LogP contribution in [0.5, 0.6) is 0 Å². The van der Waals surface area contributed by atoms with Crippen LogP contribution in [0, 0.1) is 35.5 Å². The predicted molar refractivity (Wildman–Crippen MR) is 119 cm³/mol. The summed E-state index contributed by atoms with van der Waals surface area (Å²) in [4.78, 5) is 0. The highest BCUT2D eigenvalue weighted by atomic mass is 14.7. The van der Waals surface area contributed by atoms with Gasteiger partial charge in [0.05, 0.1) is 0 Å². The molecule has 8 unspecified atom stereocenters. The molecule has 2 heteroatoms. The molecular weight excluding hydrogens is 328 g/mol. The van der Waals surface area contributed by atoms with Gasteiger partial charge in [0.15, 0.2) is 0 Å². The third kappa shape index (κ3) is 5.93. The number of allylic oxidation sites excluding steroid dienone is 2. The fourth-order valence-electron chi connectivity index (χ4n) is 6.00. The van der Waals surface area contributed by atoms with Crippen LogP contribution in [-0.4, -0.2) is 12.1 Å². The zero-order valence-corrected chi connectivity index (χ0v) is 17.3. The molecule has 2 fully saturated rings. The van der Waals surface area contributed by atoms with Crippen LogP contribution in [0.3, 0.4) is 0 Å². The quantitative estimate of drug-likeness (QED) is 0.490. The summed E-state index contributed by atoms with van der Waals surface area (Å²) in [5.41, 5.74) is 12.6. The average molecular weight is 371 g/mol.